The summed E-state index contributed by atoms with van der Waals surface area (Å²) in [6, 6.07) is 10.4. The van der Waals surface area contributed by atoms with Crippen LogP contribution in [0, 0.1) is 0 Å². The summed E-state index contributed by atoms with van der Waals surface area (Å²) in [5.74, 6) is 0.836. The molecule has 1 aliphatic carbocycles. The van der Waals surface area contributed by atoms with Gasteiger partial charge < -0.3 is 16.4 Å². The molecule has 4 rings (SSSR count). The molecular weight excluding hydrogens is 336 g/mol. The van der Waals surface area contributed by atoms with Crippen molar-refractivity contribution in [2.45, 2.75) is 37.8 Å². The van der Waals surface area contributed by atoms with E-state index < -0.39 is 0 Å². The number of nitrogens with zero attached hydrogens (tertiary/aromatic N) is 3. The van der Waals surface area contributed by atoms with Crippen molar-refractivity contribution in [2.75, 3.05) is 10.6 Å². The van der Waals surface area contributed by atoms with E-state index in [0.717, 1.165) is 48.5 Å². The predicted molar refractivity (Wildman–Crippen MR) is 102 cm³/mol. The molecule has 0 radical (unpaired) electrons. The summed E-state index contributed by atoms with van der Waals surface area (Å²) >= 11 is 5.96. The van der Waals surface area contributed by atoms with Gasteiger partial charge in [0.15, 0.2) is 5.65 Å². The van der Waals surface area contributed by atoms with E-state index in [1.807, 2.05) is 36.5 Å². The highest BCUT2D eigenvalue weighted by Crippen LogP contribution is 2.26. The fourth-order valence-corrected chi connectivity index (χ4v) is 3.37. The standard InChI is InChI=1S/C18H21ClN6/c19-12-1-5-14(6-2-12)22-16-11-17(24-25-10-9-21-18(16)25)23-15-7-3-13(20)4-8-15/h1-2,5-6,9-11,13,15,22H,3-4,7-8,20H2,(H,23,24). The second-order valence-corrected chi connectivity index (χ2v) is 6.96. The maximum atomic E-state index is 6.00. The first-order valence-corrected chi connectivity index (χ1v) is 8.94. The van der Waals surface area contributed by atoms with Crippen LogP contribution in [0.3, 0.4) is 0 Å². The van der Waals surface area contributed by atoms with Crippen molar-refractivity contribution in [2.24, 2.45) is 5.73 Å². The Balaban J connectivity index is 1.59. The Hall–Kier alpha value is -2.31. The van der Waals surface area contributed by atoms with Crippen molar-refractivity contribution in [3.05, 3.63) is 47.7 Å². The van der Waals surface area contributed by atoms with E-state index in [2.05, 4.69) is 20.7 Å². The highest BCUT2D eigenvalue weighted by molar-refractivity contribution is 6.30. The topological polar surface area (TPSA) is 80.3 Å². The lowest BCUT2D eigenvalue weighted by atomic mass is 9.92. The zero-order chi connectivity index (χ0) is 17.2. The average Bonchev–Trinajstić information content (AvgIpc) is 3.08. The average molecular weight is 357 g/mol. The van der Waals surface area contributed by atoms with Crippen molar-refractivity contribution in [3.63, 3.8) is 0 Å². The van der Waals surface area contributed by atoms with Crippen molar-refractivity contribution in [3.8, 4) is 0 Å². The summed E-state index contributed by atoms with van der Waals surface area (Å²) in [6.45, 7) is 0. The van der Waals surface area contributed by atoms with Crippen molar-refractivity contribution in [1.29, 1.82) is 0 Å². The number of benzene rings is 1. The number of nitrogens with one attached hydrogen (secondary N) is 2. The minimum atomic E-state index is 0.337. The van der Waals surface area contributed by atoms with Gasteiger partial charge in [0.25, 0.3) is 0 Å². The van der Waals surface area contributed by atoms with E-state index in [-0.39, 0.29) is 0 Å². The van der Waals surface area contributed by atoms with Gasteiger partial charge in [0.05, 0.1) is 5.69 Å². The molecule has 0 saturated heterocycles. The molecule has 0 aliphatic heterocycles. The van der Waals surface area contributed by atoms with Gasteiger partial charge in [-0.1, -0.05) is 11.6 Å². The van der Waals surface area contributed by atoms with E-state index in [0.29, 0.717) is 17.1 Å². The van der Waals surface area contributed by atoms with Crippen LogP contribution in [-0.4, -0.2) is 26.7 Å². The zero-order valence-corrected chi connectivity index (χ0v) is 14.6. The monoisotopic (exact) mass is 356 g/mol. The largest absolute Gasteiger partial charge is 0.366 e. The van der Waals surface area contributed by atoms with Gasteiger partial charge in [-0.3, -0.25) is 0 Å². The molecule has 0 spiro atoms. The summed E-state index contributed by atoms with van der Waals surface area (Å²) in [5, 5.41) is 12.3. The van der Waals surface area contributed by atoms with Crippen LogP contribution in [0.25, 0.3) is 5.65 Å². The van der Waals surface area contributed by atoms with Gasteiger partial charge >= 0.3 is 0 Å². The second-order valence-electron chi connectivity index (χ2n) is 6.53. The smallest absolute Gasteiger partial charge is 0.177 e. The summed E-state index contributed by atoms with van der Waals surface area (Å²) in [6.07, 6.45) is 7.86. The number of fused-ring (bicyclic) bond motifs is 1. The van der Waals surface area contributed by atoms with Crippen molar-refractivity contribution >= 4 is 34.4 Å². The Kier molecular flexibility index (Phi) is 4.46. The van der Waals surface area contributed by atoms with Crippen LogP contribution >= 0.6 is 11.6 Å². The number of imidazole rings is 1. The number of hydrogen-bond donors (Lipinski definition) is 3. The van der Waals surface area contributed by atoms with Crippen molar-refractivity contribution in [1.82, 2.24) is 14.6 Å². The molecular formula is C18H21ClN6. The summed E-state index contributed by atoms with van der Waals surface area (Å²) in [7, 11) is 0. The molecule has 130 valence electrons. The molecule has 3 aromatic rings. The van der Waals surface area contributed by atoms with Crippen LogP contribution in [-0.2, 0) is 0 Å². The van der Waals surface area contributed by atoms with Gasteiger partial charge in [0, 0.05) is 41.3 Å². The number of aromatic nitrogens is 3. The summed E-state index contributed by atoms with van der Waals surface area (Å²) in [4.78, 5) is 4.40. The molecule has 2 heterocycles. The van der Waals surface area contributed by atoms with Gasteiger partial charge in [0.1, 0.15) is 5.82 Å². The third-order valence-electron chi connectivity index (χ3n) is 4.61. The van der Waals surface area contributed by atoms with Crippen molar-refractivity contribution < 1.29 is 0 Å². The Bertz CT molecular complexity index is 852. The van der Waals surface area contributed by atoms with E-state index in [4.69, 9.17) is 17.3 Å². The van der Waals surface area contributed by atoms with E-state index in [9.17, 15) is 0 Å². The van der Waals surface area contributed by atoms with Gasteiger partial charge in [-0.25, -0.2) is 9.50 Å². The van der Waals surface area contributed by atoms with Gasteiger partial charge in [-0.15, -0.1) is 5.10 Å². The van der Waals surface area contributed by atoms with Crippen LogP contribution in [0.4, 0.5) is 17.2 Å². The molecule has 0 unspecified atom stereocenters. The fraction of sp³-hybridized carbons (Fsp3) is 0.333. The highest BCUT2D eigenvalue weighted by atomic mass is 35.5. The highest BCUT2D eigenvalue weighted by Gasteiger charge is 2.19. The molecule has 7 heteroatoms. The Morgan fingerprint density at radius 3 is 2.64 bits per heavy atom. The van der Waals surface area contributed by atoms with Crippen LogP contribution in [0.5, 0.6) is 0 Å². The molecule has 0 bridgehead atoms. The molecule has 6 nitrogen and oxygen atoms in total. The minimum absolute atomic E-state index is 0.337. The predicted octanol–water partition coefficient (Wildman–Crippen LogP) is 3.81. The molecule has 1 fully saturated rings. The lowest BCUT2D eigenvalue weighted by molar-refractivity contribution is 0.410. The first-order chi connectivity index (χ1) is 12.2. The number of nitrogens with two attached hydrogens (primary N) is 1. The van der Waals surface area contributed by atoms with E-state index in [1.54, 1.807) is 10.7 Å². The number of anilines is 3. The Morgan fingerprint density at radius 1 is 1.12 bits per heavy atom. The number of hydrogen-bond acceptors (Lipinski definition) is 5. The Labute approximate surface area is 151 Å². The molecule has 0 atom stereocenters. The number of rotatable bonds is 4. The van der Waals surface area contributed by atoms with Crippen LogP contribution in [0.15, 0.2) is 42.7 Å². The lowest BCUT2D eigenvalue weighted by Crippen LogP contribution is -2.33. The maximum absolute atomic E-state index is 6.00. The maximum Gasteiger partial charge on any atom is 0.177 e. The normalized spacial score (nSPS) is 20.6. The second kappa shape index (κ2) is 6.90. The van der Waals surface area contributed by atoms with Gasteiger partial charge in [0.2, 0.25) is 0 Å². The van der Waals surface area contributed by atoms with E-state index >= 15 is 0 Å². The fourth-order valence-electron chi connectivity index (χ4n) is 3.24. The van der Waals surface area contributed by atoms with Gasteiger partial charge in [-0.05, 0) is 49.9 Å². The molecule has 2 aromatic heterocycles. The quantitative estimate of drug-likeness (QED) is 0.662. The molecule has 1 saturated carbocycles. The minimum Gasteiger partial charge on any atom is -0.366 e. The van der Waals surface area contributed by atoms with Crippen LogP contribution < -0.4 is 16.4 Å². The number of halogens is 1. The molecule has 0 amide bonds. The third kappa shape index (κ3) is 3.70. The third-order valence-corrected chi connectivity index (χ3v) is 4.86. The van der Waals surface area contributed by atoms with Gasteiger partial charge in [-0.2, -0.15) is 0 Å². The first kappa shape index (κ1) is 16.2. The van der Waals surface area contributed by atoms with E-state index in [1.165, 1.54) is 0 Å². The summed E-state index contributed by atoms with van der Waals surface area (Å²) < 4.78 is 1.79. The molecule has 1 aliphatic rings. The first-order valence-electron chi connectivity index (χ1n) is 8.56. The molecule has 25 heavy (non-hydrogen) atoms. The molecule has 1 aromatic carbocycles. The van der Waals surface area contributed by atoms with Crippen LogP contribution in [0.1, 0.15) is 25.7 Å². The zero-order valence-electron chi connectivity index (χ0n) is 13.8. The summed E-state index contributed by atoms with van der Waals surface area (Å²) in [5.41, 5.74) is 8.63. The lowest BCUT2D eigenvalue weighted by Gasteiger charge is -2.27. The molecule has 4 N–H and O–H groups in total. The SMILES string of the molecule is NC1CCC(Nc2cc(Nc3ccc(Cl)cc3)c3nccn3n2)CC1. The Morgan fingerprint density at radius 2 is 1.88 bits per heavy atom. The van der Waals surface area contributed by atoms with Crippen LogP contribution in [0.2, 0.25) is 5.02 Å².